The van der Waals surface area contributed by atoms with Crippen LogP contribution < -0.4 is 10.6 Å². The number of carbonyl (C=O) groups excluding carboxylic acids is 1. The normalized spacial score (nSPS) is 10.1. The second-order valence-corrected chi connectivity index (χ2v) is 3.92. The molecule has 0 saturated heterocycles. The zero-order valence-electron chi connectivity index (χ0n) is 10.1. The Kier molecular flexibility index (Phi) is 3.90. The van der Waals surface area contributed by atoms with E-state index in [2.05, 4.69) is 25.8 Å². The minimum atomic E-state index is -0.209. The van der Waals surface area contributed by atoms with Crippen LogP contribution in [0, 0.1) is 6.92 Å². The van der Waals surface area contributed by atoms with Gasteiger partial charge in [-0.25, -0.2) is 4.79 Å². The summed E-state index contributed by atoms with van der Waals surface area (Å²) in [6.45, 7) is 2.84. The highest BCUT2D eigenvalue weighted by molar-refractivity contribution is 5.73. The number of nitrogens with one attached hydrogen (secondary N) is 3. The van der Waals surface area contributed by atoms with Gasteiger partial charge in [0.25, 0.3) is 0 Å². The molecule has 6 heteroatoms. The standard InChI is InChI=1S/C12H15N5O/c1-9-11(8-16-17-9)7-15-12(18)14-6-10-3-2-4-13-5-10/h2-5,8H,6-7H2,1H3,(H,16,17)(H2,14,15,18). The molecule has 0 spiro atoms. The number of H-pyrrole nitrogens is 1. The van der Waals surface area contributed by atoms with Crippen LogP contribution in [-0.4, -0.2) is 21.2 Å². The molecule has 0 unspecified atom stereocenters. The zero-order chi connectivity index (χ0) is 12.8. The van der Waals surface area contributed by atoms with Crippen LogP contribution in [0.5, 0.6) is 0 Å². The summed E-state index contributed by atoms with van der Waals surface area (Å²) in [4.78, 5) is 15.5. The van der Waals surface area contributed by atoms with Crippen molar-refractivity contribution in [2.24, 2.45) is 0 Å². The van der Waals surface area contributed by atoms with Crippen molar-refractivity contribution >= 4 is 6.03 Å². The lowest BCUT2D eigenvalue weighted by Gasteiger charge is -2.06. The van der Waals surface area contributed by atoms with E-state index < -0.39 is 0 Å². The van der Waals surface area contributed by atoms with Crippen LogP contribution in [0.1, 0.15) is 16.8 Å². The molecule has 3 N–H and O–H groups in total. The third kappa shape index (κ3) is 3.31. The predicted molar refractivity (Wildman–Crippen MR) is 66.6 cm³/mol. The fourth-order valence-corrected chi connectivity index (χ4v) is 1.48. The molecule has 2 amide bonds. The minimum absolute atomic E-state index is 0.209. The molecule has 2 rings (SSSR count). The first-order chi connectivity index (χ1) is 8.75. The lowest BCUT2D eigenvalue weighted by Crippen LogP contribution is -2.34. The van der Waals surface area contributed by atoms with Gasteiger partial charge in [-0.05, 0) is 18.6 Å². The van der Waals surface area contributed by atoms with E-state index >= 15 is 0 Å². The van der Waals surface area contributed by atoms with Crippen molar-refractivity contribution in [3.63, 3.8) is 0 Å². The van der Waals surface area contributed by atoms with Crippen LogP contribution in [0.3, 0.4) is 0 Å². The van der Waals surface area contributed by atoms with E-state index in [4.69, 9.17) is 0 Å². The van der Waals surface area contributed by atoms with Gasteiger partial charge in [-0.3, -0.25) is 10.1 Å². The Labute approximate surface area is 105 Å². The molecule has 2 aromatic heterocycles. The monoisotopic (exact) mass is 245 g/mol. The third-order valence-electron chi connectivity index (χ3n) is 2.55. The highest BCUT2D eigenvalue weighted by atomic mass is 16.2. The first-order valence-electron chi connectivity index (χ1n) is 5.65. The smallest absolute Gasteiger partial charge is 0.315 e. The van der Waals surface area contributed by atoms with Gasteiger partial charge in [0.1, 0.15) is 0 Å². The fraction of sp³-hybridized carbons (Fsp3) is 0.250. The lowest BCUT2D eigenvalue weighted by atomic mass is 10.2. The maximum atomic E-state index is 11.5. The van der Waals surface area contributed by atoms with E-state index in [1.807, 2.05) is 19.1 Å². The topological polar surface area (TPSA) is 82.7 Å². The molecule has 0 atom stereocenters. The number of aryl methyl sites for hydroxylation is 1. The fourth-order valence-electron chi connectivity index (χ4n) is 1.48. The van der Waals surface area contributed by atoms with Crippen molar-refractivity contribution in [2.45, 2.75) is 20.0 Å². The van der Waals surface area contributed by atoms with Crippen molar-refractivity contribution in [1.29, 1.82) is 0 Å². The molecular formula is C12H15N5O. The van der Waals surface area contributed by atoms with Gasteiger partial charge >= 0.3 is 6.03 Å². The largest absolute Gasteiger partial charge is 0.334 e. The summed E-state index contributed by atoms with van der Waals surface area (Å²) in [7, 11) is 0. The van der Waals surface area contributed by atoms with Crippen LogP contribution >= 0.6 is 0 Å². The highest BCUT2D eigenvalue weighted by Crippen LogP contribution is 2.01. The van der Waals surface area contributed by atoms with E-state index in [1.54, 1.807) is 18.6 Å². The predicted octanol–water partition coefficient (Wildman–Crippen LogP) is 1.11. The number of rotatable bonds is 4. The Morgan fingerprint density at radius 1 is 1.33 bits per heavy atom. The summed E-state index contributed by atoms with van der Waals surface area (Å²) >= 11 is 0. The van der Waals surface area contributed by atoms with Crippen LogP contribution in [0.4, 0.5) is 4.79 Å². The zero-order valence-corrected chi connectivity index (χ0v) is 10.1. The van der Waals surface area contributed by atoms with E-state index in [-0.39, 0.29) is 6.03 Å². The summed E-state index contributed by atoms with van der Waals surface area (Å²) in [6.07, 6.45) is 5.13. The molecule has 0 aliphatic rings. The molecule has 0 fully saturated rings. The maximum absolute atomic E-state index is 11.5. The van der Waals surface area contributed by atoms with Gasteiger partial charge < -0.3 is 10.6 Å². The Morgan fingerprint density at radius 3 is 2.83 bits per heavy atom. The summed E-state index contributed by atoms with van der Waals surface area (Å²) < 4.78 is 0. The Bertz CT molecular complexity index is 508. The van der Waals surface area contributed by atoms with Crippen molar-refractivity contribution < 1.29 is 4.79 Å². The number of nitrogens with zero attached hydrogens (tertiary/aromatic N) is 2. The van der Waals surface area contributed by atoms with Gasteiger partial charge in [0.15, 0.2) is 0 Å². The summed E-state index contributed by atoms with van der Waals surface area (Å²) in [5.41, 5.74) is 2.90. The van der Waals surface area contributed by atoms with Crippen LogP contribution in [0.2, 0.25) is 0 Å². The lowest BCUT2D eigenvalue weighted by molar-refractivity contribution is 0.240. The molecule has 2 heterocycles. The van der Waals surface area contributed by atoms with Crippen molar-refractivity contribution in [3.05, 3.63) is 47.5 Å². The molecular weight excluding hydrogens is 230 g/mol. The summed E-state index contributed by atoms with van der Waals surface area (Å²) in [6, 6.07) is 3.54. The maximum Gasteiger partial charge on any atom is 0.315 e. The second kappa shape index (κ2) is 5.81. The number of amides is 2. The van der Waals surface area contributed by atoms with E-state index in [9.17, 15) is 4.79 Å². The SMILES string of the molecule is Cc1[nH]ncc1CNC(=O)NCc1cccnc1. The number of urea groups is 1. The van der Waals surface area contributed by atoms with Gasteiger partial charge in [-0.15, -0.1) is 0 Å². The molecule has 0 bridgehead atoms. The Hall–Kier alpha value is -2.37. The highest BCUT2D eigenvalue weighted by Gasteiger charge is 2.03. The molecule has 0 radical (unpaired) electrons. The number of pyridine rings is 1. The molecule has 6 nitrogen and oxygen atoms in total. The van der Waals surface area contributed by atoms with Gasteiger partial charge in [-0.2, -0.15) is 5.10 Å². The van der Waals surface area contributed by atoms with Gasteiger partial charge in [0.2, 0.25) is 0 Å². The summed E-state index contributed by atoms with van der Waals surface area (Å²) in [5.74, 6) is 0. The van der Waals surface area contributed by atoms with Crippen molar-refractivity contribution in [1.82, 2.24) is 25.8 Å². The number of hydrogen-bond donors (Lipinski definition) is 3. The van der Waals surface area contributed by atoms with Gasteiger partial charge in [0.05, 0.1) is 6.20 Å². The van der Waals surface area contributed by atoms with E-state index in [0.29, 0.717) is 13.1 Å². The van der Waals surface area contributed by atoms with Crippen molar-refractivity contribution in [2.75, 3.05) is 0 Å². The molecule has 0 aliphatic carbocycles. The molecule has 0 aliphatic heterocycles. The van der Waals surface area contributed by atoms with Crippen LogP contribution in [0.15, 0.2) is 30.7 Å². The third-order valence-corrected chi connectivity index (χ3v) is 2.55. The molecule has 0 saturated carbocycles. The summed E-state index contributed by atoms with van der Waals surface area (Å²) in [5, 5.41) is 12.2. The van der Waals surface area contributed by atoms with Crippen molar-refractivity contribution in [3.8, 4) is 0 Å². The number of hydrogen-bond acceptors (Lipinski definition) is 3. The molecule has 2 aromatic rings. The number of carbonyl (C=O) groups is 1. The average molecular weight is 245 g/mol. The first-order valence-corrected chi connectivity index (χ1v) is 5.65. The average Bonchev–Trinajstić information content (AvgIpc) is 2.81. The first kappa shape index (κ1) is 12.1. The number of aromatic nitrogens is 3. The minimum Gasteiger partial charge on any atom is -0.334 e. The van der Waals surface area contributed by atoms with E-state index in [0.717, 1.165) is 16.8 Å². The van der Waals surface area contributed by atoms with Gasteiger partial charge in [-0.1, -0.05) is 6.07 Å². The quantitative estimate of drug-likeness (QED) is 0.754. The molecule has 94 valence electrons. The molecule has 18 heavy (non-hydrogen) atoms. The number of aromatic amines is 1. The van der Waals surface area contributed by atoms with Crippen LogP contribution in [0.25, 0.3) is 0 Å². The van der Waals surface area contributed by atoms with E-state index in [1.165, 1.54) is 0 Å². The Balaban J connectivity index is 1.75. The Morgan fingerprint density at radius 2 is 2.17 bits per heavy atom. The second-order valence-electron chi connectivity index (χ2n) is 3.92. The van der Waals surface area contributed by atoms with Crippen LogP contribution in [-0.2, 0) is 13.1 Å². The van der Waals surface area contributed by atoms with Gasteiger partial charge in [0, 0.05) is 36.7 Å². The molecule has 0 aromatic carbocycles.